The maximum Gasteiger partial charge on any atom is 0.451 e. The number of halogens is 8. The molecule has 6 aromatic carbocycles. The second kappa shape index (κ2) is 21.9. The molecule has 4 unspecified atom stereocenters. The summed E-state index contributed by atoms with van der Waals surface area (Å²) in [5.74, 6) is -5.40. The number of benzene rings is 6. The fraction of sp³-hybridized carbons (Fsp3) is 0.245. The van der Waals surface area contributed by atoms with Crippen LogP contribution in [0.5, 0.6) is 11.5 Å². The highest BCUT2D eigenvalue weighted by Crippen LogP contribution is 2.46. The van der Waals surface area contributed by atoms with Crippen LogP contribution in [0.2, 0.25) is 0 Å². The largest absolute Gasteiger partial charge is 0.490 e. The molecule has 2 aliphatic carbocycles. The Morgan fingerprint density at radius 2 is 0.871 bits per heavy atom. The molecule has 6 aromatic rings. The van der Waals surface area contributed by atoms with Crippen molar-refractivity contribution in [3.8, 4) is 11.5 Å². The molecule has 2 fully saturated rings. The first kappa shape index (κ1) is 53.9. The van der Waals surface area contributed by atoms with Crippen molar-refractivity contribution < 1.29 is 75.3 Å². The van der Waals surface area contributed by atoms with Gasteiger partial charge in [-0.3, -0.25) is 9.11 Å². The van der Waals surface area contributed by atoms with Crippen LogP contribution in [0.15, 0.2) is 199 Å². The van der Waals surface area contributed by atoms with Crippen LogP contribution in [-0.4, -0.2) is 60.4 Å². The lowest BCUT2D eigenvalue weighted by atomic mass is 9.98. The third kappa shape index (κ3) is 12.5. The van der Waals surface area contributed by atoms with Crippen LogP contribution < -0.4 is 9.47 Å². The maximum absolute atomic E-state index is 14.1. The molecule has 8 rings (SSSR count). The maximum atomic E-state index is 14.1. The van der Waals surface area contributed by atoms with Crippen LogP contribution in [-0.2, 0) is 46.8 Å². The van der Waals surface area contributed by atoms with Gasteiger partial charge in [-0.05, 0) is 135 Å². The van der Waals surface area contributed by atoms with Crippen molar-refractivity contribution in [3.05, 3.63) is 170 Å². The minimum Gasteiger partial charge on any atom is -0.490 e. The molecular formula is C49H44F8O9S4+2. The molecule has 2 N–H and O–H groups in total. The Morgan fingerprint density at radius 3 is 1.14 bits per heavy atom. The smallest absolute Gasteiger partial charge is 0.451 e. The van der Waals surface area contributed by atoms with Crippen LogP contribution >= 0.6 is 0 Å². The Labute approximate surface area is 405 Å². The van der Waals surface area contributed by atoms with Crippen LogP contribution in [0.3, 0.4) is 0 Å². The number of rotatable bonds is 13. The molecule has 70 heavy (non-hydrogen) atoms. The van der Waals surface area contributed by atoms with Crippen molar-refractivity contribution in [3.63, 3.8) is 0 Å². The van der Waals surface area contributed by atoms with E-state index >= 15 is 0 Å². The molecule has 0 radical (unpaired) electrons. The summed E-state index contributed by atoms with van der Waals surface area (Å²) in [7, 11) is -13.2. The molecule has 2 saturated carbocycles. The van der Waals surface area contributed by atoms with E-state index in [2.05, 4.69) is 89.7 Å². The lowest BCUT2D eigenvalue weighted by Crippen LogP contribution is -2.55. The predicted octanol–water partition coefficient (Wildman–Crippen LogP) is 12.3. The lowest BCUT2D eigenvalue weighted by molar-refractivity contribution is -0.209. The van der Waals surface area contributed by atoms with Gasteiger partial charge in [-0.25, -0.2) is 9.18 Å². The van der Waals surface area contributed by atoms with Gasteiger partial charge in [0.05, 0.1) is 21.8 Å². The molecule has 0 aromatic heterocycles. The number of alkyl halides is 8. The topological polar surface area (TPSA) is 144 Å². The molecule has 372 valence electrons. The zero-order valence-corrected chi connectivity index (χ0v) is 39.9. The molecule has 0 amide bonds. The summed E-state index contributed by atoms with van der Waals surface area (Å²) >= 11 is 0. The second-order valence-electron chi connectivity index (χ2n) is 16.0. The van der Waals surface area contributed by atoms with Crippen LogP contribution in [0.1, 0.15) is 32.6 Å². The molecule has 21 heteroatoms. The van der Waals surface area contributed by atoms with Gasteiger partial charge in [-0.15, -0.1) is 0 Å². The van der Waals surface area contributed by atoms with Gasteiger partial charge in [0.1, 0.15) is 17.6 Å². The van der Waals surface area contributed by atoms with Gasteiger partial charge in [0.2, 0.25) is 0 Å². The van der Waals surface area contributed by atoms with Crippen molar-refractivity contribution >= 4 is 48.0 Å². The van der Waals surface area contributed by atoms with E-state index in [1.807, 2.05) is 60.7 Å². The van der Waals surface area contributed by atoms with E-state index in [1.165, 1.54) is 52.5 Å². The SMILES string of the molecule is CC(F)(F)C(F)(F)S(=O)(=O)O.O=C(Oc1ccc([S+](c2ccccc2)c2ccccc2)cc1)C(F)(C(F)(F)F)S(=O)(=O)O.c1ccc([S+](c2ccccc2)c2ccc(OC3CC4CCC3C4)cc2)cc1. The normalized spacial score (nSPS) is 17.9. The van der Waals surface area contributed by atoms with Crippen molar-refractivity contribution in [2.24, 2.45) is 11.8 Å². The third-order valence-corrected chi connectivity index (χ3v) is 17.6. The fourth-order valence-electron chi connectivity index (χ4n) is 7.61. The molecule has 9 nitrogen and oxygen atoms in total. The highest BCUT2D eigenvalue weighted by atomic mass is 32.2. The fourth-order valence-corrected chi connectivity index (χ4v) is 12.8. The second-order valence-corrected chi connectivity index (χ2v) is 23.0. The number of ether oxygens (including phenoxy) is 2. The average Bonchev–Trinajstić information content (AvgIpc) is 3.95. The van der Waals surface area contributed by atoms with Gasteiger partial charge in [-0.2, -0.15) is 47.6 Å². The number of hydrogen-bond donors (Lipinski definition) is 2. The van der Waals surface area contributed by atoms with Crippen molar-refractivity contribution in [1.29, 1.82) is 0 Å². The summed E-state index contributed by atoms with van der Waals surface area (Å²) < 4.78 is 168. The van der Waals surface area contributed by atoms with E-state index in [1.54, 1.807) is 0 Å². The van der Waals surface area contributed by atoms with Crippen LogP contribution in [0.25, 0.3) is 0 Å². The van der Waals surface area contributed by atoms with E-state index in [9.17, 15) is 56.8 Å². The number of hydrogen-bond acceptors (Lipinski definition) is 7. The molecule has 0 aliphatic heterocycles. The minimum absolute atomic E-state index is 0.0839. The van der Waals surface area contributed by atoms with Gasteiger partial charge in [0.15, 0.2) is 29.4 Å². The van der Waals surface area contributed by atoms with E-state index in [0.29, 0.717) is 11.0 Å². The Balaban J connectivity index is 0.000000191. The summed E-state index contributed by atoms with van der Waals surface area (Å²) in [4.78, 5) is 18.4. The summed E-state index contributed by atoms with van der Waals surface area (Å²) in [6, 6.07) is 54.3. The standard InChI is InChI=1S/C25H25OS.C21H14F4O5S2.C3H4F4O3S/c1-3-7-22(8-4-1)27(23-9-5-2-6-10-23)24-15-13-21(14-16-24)26-25-18-19-11-12-20(25)17-19;22-20(21(23,24)25,32(27,28)29)19(26)30-15-11-13-18(14-12-15)31(16-7-3-1-4-8-16)17-9-5-2-6-10-17;1-2(4,5)3(6,7)11(8,9)10/h1-10,13-16,19-20,25H,11-12,17-18H2;1-14H;1H3,(H,8,9,10)/q+1;;/p+1. The zero-order valence-electron chi connectivity index (χ0n) is 36.6. The van der Waals surface area contributed by atoms with Gasteiger partial charge in [-0.1, -0.05) is 72.8 Å². The predicted molar refractivity (Wildman–Crippen MR) is 247 cm³/mol. The average molecular weight is 1060 g/mol. The number of carbonyl (C=O) groups excluding carboxylic acids is 1. The molecule has 4 atom stereocenters. The Kier molecular flexibility index (Phi) is 16.9. The molecule has 2 bridgehead atoms. The van der Waals surface area contributed by atoms with Gasteiger partial charge < -0.3 is 9.47 Å². The van der Waals surface area contributed by atoms with Gasteiger partial charge in [0, 0.05) is 6.92 Å². The van der Waals surface area contributed by atoms with Crippen molar-refractivity contribution in [1.82, 2.24) is 0 Å². The quantitative estimate of drug-likeness (QED) is 0.0380. The molecule has 0 saturated heterocycles. The Bertz CT molecular complexity index is 2800. The van der Waals surface area contributed by atoms with E-state index in [0.717, 1.165) is 39.5 Å². The first-order valence-corrected chi connectivity index (χ1v) is 26.4. The summed E-state index contributed by atoms with van der Waals surface area (Å²) in [6.45, 7) is -0.305. The molecule has 0 heterocycles. The monoisotopic (exact) mass is 1060 g/mol. The van der Waals surface area contributed by atoms with E-state index in [-0.39, 0.29) is 17.8 Å². The summed E-state index contributed by atoms with van der Waals surface area (Å²) in [6.07, 6.45) is -0.389. The van der Waals surface area contributed by atoms with E-state index in [4.69, 9.17) is 13.8 Å². The summed E-state index contributed by atoms with van der Waals surface area (Å²) in [5.41, 5.74) is 0. The molecular weight excluding hydrogens is 1010 g/mol. The third-order valence-electron chi connectivity index (χ3n) is 11.0. The first-order chi connectivity index (χ1) is 32.8. The van der Waals surface area contributed by atoms with Crippen LogP contribution in [0.4, 0.5) is 35.1 Å². The highest BCUT2D eigenvalue weighted by Gasteiger charge is 2.73. The Morgan fingerprint density at radius 1 is 0.514 bits per heavy atom. The zero-order chi connectivity index (χ0) is 51.1. The van der Waals surface area contributed by atoms with E-state index < -0.39 is 65.2 Å². The molecule has 0 spiro atoms. The lowest BCUT2D eigenvalue weighted by Gasteiger charge is -2.23. The minimum atomic E-state index is -6.50. The molecule has 2 aliphatic rings. The highest BCUT2D eigenvalue weighted by molar-refractivity contribution is 7.97. The van der Waals surface area contributed by atoms with Crippen LogP contribution in [0, 0.1) is 11.8 Å². The van der Waals surface area contributed by atoms with Gasteiger partial charge in [0.25, 0.3) is 0 Å². The first-order valence-electron chi connectivity index (χ1n) is 21.0. The number of carbonyl (C=O) groups is 1. The number of esters is 1. The van der Waals surface area contributed by atoms with Crippen molar-refractivity contribution in [2.45, 2.75) is 90.4 Å². The van der Waals surface area contributed by atoms with Crippen molar-refractivity contribution in [2.75, 3.05) is 0 Å². The Hall–Kier alpha value is -5.45. The van der Waals surface area contributed by atoms with Gasteiger partial charge >= 0.3 is 48.6 Å². The number of fused-ring (bicyclic) bond motifs is 2. The summed E-state index contributed by atoms with van der Waals surface area (Å²) in [5, 5.41) is -11.0.